The minimum absolute atomic E-state index is 0.0927. The molecule has 36 heavy (non-hydrogen) atoms. The van der Waals surface area contributed by atoms with Crippen molar-refractivity contribution in [2.75, 3.05) is 7.11 Å². The van der Waals surface area contributed by atoms with Crippen molar-refractivity contribution in [1.82, 2.24) is 24.1 Å². The quantitative estimate of drug-likeness (QED) is 0.270. The number of hydrogen-bond donors (Lipinski definition) is 0. The lowest BCUT2D eigenvalue weighted by Gasteiger charge is -2.17. The summed E-state index contributed by atoms with van der Waals surface area (Å²) in [5.41, 5.74) is 5.42. The molecule has 3 aromatic heterocycles. The smallest absolute Gasteiger partial charge is 0.258 e. The summed E-state index contributed by atoms with van der Waals surface area (Å²) in [6.07, 6.45) is 1.81. The van der Waals surface area contributed by atoms with Crippen LogP contribution < -0.4 is 10.3 Å². The fourth-order valence-corrected chi connectivity index (χ4v) is 5.00. The van der Waals surface area contributed by atoms with Crippen LogP contribution in [0.1, 0.15) is 36.6 Å². The monoisotopic (exact) mass is 497 g/mol. The number of rotatable bonds is 7. The van der Waals surface area contributed by atoms with Crippen LogP contribution in [-0.4, -0.2) is 31.3 Å². The zero-order valence-electron chi connectivity index (χ0n) is 20.7. The molecule has 0 atom stereocenters. The van der Waals surface area contributed by atoms with Gasteiger partial charge in [-0.1, -0.05) is 49.9 Å². The molecular formula is C28H27N5O2S. The fourth-order valence-electron chi connectivity index (χ4n) is 4.16. The van der Waals surface area contributed by atoms with Crippen molar-refractivity contribution >= 4 is 17.4 Å². The first-order valence-electron chi connectivity index (χ1n) is 11.8. The highest BCUT2D eigenvalue weighted by Gasteiger charge is 2.20. The van der Waals surface area contributed by atoms with Crippen molar-refractivity contribution in [3.63, 3.8) is 0 Å². The molecule has 0 fully saturated rings. The third-order valence-corrected chi connectivity index (χ3v) is 6.95. The number of benzene rings is 2. The molecule has 5 rings (SSSR count). The van der Waals surface area contributed by atoms with Crippen LogP contribution in [0.25, 0.3) is 22.7 Å². The van der Waals surface area contributed by atoms with E-state index in [9.17, 15) is 4.79 Å². The lowest BCUT2D eigenvalue weighted by atomic mass is 10.0. The van der Waals surface area contributed by atoms with Crippen LogP contribution in [-0.2, 0) is 5.75 Å². The van der Waals surface area contributed by atoms with E-state index in [1.165, 1.54) is 17.3 Å². The molecule has 0 spiro atoms. The minimum atomic E-state index is -0.0927. The van der Waals surface area contributed by atoms with Crippen molar-refractivity contribution in [2.45, 2.75) is 37.6 Å². The second kappa shape index (κ2) is 9.99. The predicted octanol–water partition coefficient (Wildman–Crippen LogP) is 5.67. The van der Waals surface area contributed by atoms with E-state index in [0.29, 0.717) is 23.0 Å². The summed E-state index contributed by atoms with van der Waals surface area (Å²) in [6.45, 7) is 6.31. The Kier molecular flexibility index (Phi) is 6.61. The van der Waals surface area contributed by atoms with Gasteiger partial charge >= 0.3 is 0 Å². The highest BCUT2D eigenvalue weighted by atomic mass is 32.2. The van der Waals surface area contributed by atoms with Gasteiger partial charge in [0.2, 0.25) is 0 Å². The normalized spacial score (nSPS) is 11.4. The molecular weight excluding hydrogens is 470 g/mol. The Morgan fingerprint density at radius 3 is 2.53 bits per heavy atom. The molecule has 0 saturated heterocycles. The summed E-state index contributed by atoms with van der Waals surface area (Å²) < 4.78 is 9.00. The average molecular weight is 498 g/mol. The molecule has 0 radical (unpaired) electrons. The van der Waals surface area contributed by atoms with E-state index in [1.54, 1.807) is 17.6 Å². The SMILES string of the molecule is COc1ccc(-c2nnc(SCc3cc(=O)n4cc(C)ccc4n3)n2-c2ccccc2C(C)C)cc1. The Hall–Kier alpha value is -3.91. The van der Waals surface area contributed by atoms with Gasteiger partial charge in [0, 0.05) is 23.6 Å². The summed E-state index contributed by atoms with van der Waals surface area (Å²) in [5, 5.41) is 9.87. The van der Waals surface area contributed by atoms with Gasteiger partial charge in [-0.3, -0.25) is 13.8 Å². The number of pyridine rings is 1. The number of ether oxygens (including phenoxy) is 1. The first kappa shape index (κ1) is 23.8. The minimum Gasteiger partial charge on any atom is -0.497 e. The first-order chi connectivity index (χ1) is 17.4. The summed E-state index contributed by atoms with van der Waals surface area (Å²) >= 11 is 1.51. The van der Waals surface area contributed by atoms with Crippen molar-refractivity contribution in [1.29, 1.82) is 0 Å². The van der Waals surface area contributed by atoms with Crippen molar-refractivity contribution in [2.24, 2.45) is 0 Å². The van der Waals surface area contributed by atoms with Gasteiger partial charge < -0.3 is 4.74 Å². The fraction of sp³-hybridized carbons (Fsp3) is 0.214. The maximum absolute atomic E-state index is 12.7. The van der Waals surface area contributed by atoms with Crippen LogP contribution in [0.4, 0.5) is 0 Å². The van der Waals surface area contributed by atoms with E-state index >= 15 is 0 Å². The van der Waals surface area contributed by atoms with Crippen molar-refractivity contribution < 1.29 is 4.74 Å². The van der Waals surface area contributed by atoms with E-state index in [-0.39, 0.29) is 5.56 Å². The van der Waals surface area contributed by atoms with Crippen LogP contribution in [0.15, 0.2) is 82.9 Å². The number of thioether (sulfide) groups is 1. The molecule has 5 aromatic rings. The van der Waals surface area contributed by atoms with Crippen molar-refractivity contribution in [3.8, 4) is 22.8 Å². The van der Waals surface area contributed by atoms with Crippen LogP contribution >= 0.6 is 11.8 Å². The Morgan fingerprint density at radius 2 is 1.78 bits per heavy atom. The van der Waals surface area contributed by atoms with E-state index in [4.69, 9.17) is 9.72 Å². The first-order valence-corrected chi connectivity index (χ1v) is 12.7. The van der Waals surface area contributed by atoms with E-state index < -0.39 is 0 Å². The maximum Gasteiger partial charge on any atom is 0.258 e. The van der Waals surface area contributed by atoms with Gasteiger partial charge in [-0.15, -0.1) is 10.2 Å². The van der Waals surface area contributed by atoms with Crippen LogP contribution in [0, 0.1) is 6.92 Å². The van der Waals surface area contributed by atoms with Gasteiger partial charge in [-0.25, -0.2) is 4.98 Å². The number of nitrogens with zero attached hydrogens (tertiary/aromatic N) is 5. The summed E-state index contributed by atoms with van der Waals surface area (Å²) in [5.74, 6) is 2.33. The Morgan fingerprint density at radius 1 is 1.00 bits per heavy atom. The van der Waals surface area contributed by atoms with Gasteiger partial charge in [0.1, 0.15) is 11.4 Å². The van der Waals surface area contributed by atoms with Gasteiger partial charge in [-0.2, -0.15) is 0 Å². The van der Waals surface area contributed by atoms with E-state index in [2.05, 4.69) is 46.8 Å². The number of aromatic nitrogens is 5. The second-order valence-corrected chi connectivity index (χ2v) is 9.84. The number of hydrogen-bond acceptors (Lipinski definition) is 6. The van der Waals surface area contributed by atoms with Gasteiger partial charge in [0.25, 0.3) is 5.56 Å². The molecule has 0 aliphatic heterocycles. The zero-order chi connectivity index (χ0) is 25.2. The predicted molar refractivity (Wildman–Crippen MR) is 143 cm³/mol. The lowest BCUT2D eigenvalue weighted by Crippen LogP contribution is -2.15. The van der Waals surface area contributed by atoms with Crippen LogP contribution in [0.5, 0.6) is 5.75 Å². The van der Waals surface area contributed by atoms with Gasteiger partial charge in [-0.05, 0) is 60.4 Å². The van der Waals surface area contributed by atoms with E-state index in [1.807, 2.05) is 55.6 Å². The zero-order valence-corrected chi connectivity index (χ0v) is 21.5. The lowest BCUT2D eigenvalue weighted by molar-refractivity contribution is 0.415. The average Bonchev–Trinajstić information content (AvgIpc) is 3.31. The molecule has 8 heteroatoms. The standard InChI is InChI=1S/C28H27N5O2S/c1-18(2)23-7-5-6-8-24(23)33-27(20-10-12-22(35-4)13-11-20)30-31-28(33)36-17-21-15-26(34)32-16-19(3)9-14-25(32)29-21/h5-16,18H,17H2,1-4H3. The Bertz CT molecular complexity index is 1590. The summed E-state index contributed by atoms with van der Waals surface area (Å²) in [6, 6.07) is 21.5. The molecule has 3 heterocycles. The largest absolute Gasteiger partial charge is 0.497 e. The van der Waals surface area contributed by atoms with Crippen LogP contribution in [0.2, 0.25) is 0 Å². The third-order valence-electron chi connectivity index (χ3n) is 5.99. The molecule has 0 N–H and O–H groups in total. The second-order valence-electron chi connectivity index (χ2n) is 8.89. The molecule has 0 aliphatic carbocycles. The Labute approximate surface area is 213 Å². The molecule has 182 valence electrons. The molecule has 2 aromatic carbocycles. The highest BCUT2D eigenvalue weighted by molar-refractivity contribution is 7.98. The third kappa shape index (κ3) is 4.64. The Balaban J connectivity index is 1.56. The molecule has 0 bridgehead atoms. The van der Waals surface area contributed by atoms with Crippen molar-refractivity contribution in [3.05, 3.63) is 100 Å². The number of fused-ring (bicyclic) bond motifs is 1. The highest BCUT2D eigenvalue weighted by Crippen LogP contribution is 2.33. The van der Waals surface area contributed by atoms with E-state index in [0.717, 1.165) is 33.5 Å². The molecule has 0 aliphatic rings. The molecule has 0 unspecified atom stereocenters. The van der Waals surface area contributed by atoms with Gasteiger partial charge in [0.15, 0.2) is 11.0 Å². The molecule has 0 amide bonds. The van der Waals surface area contributed by atoms with Gasteiger partial charge in [0.05, 0.1) is 18.5 Å². The molecule has 7 nitrogen and oxygen atoms in total. The summed E-state index contributed by atoms with van der Waals surface area (Å²) in [4.78, 5) is 17.4. The summed E-state index contributed by atoms with van der Waals surface area (Å²) in [7, 11) is 1.65. The maximum atomic E-state index is 12.7. The number of aryl methyl sites for hydroxylation is 1. The molecule has 0 saturated carbocycles. The topological polar surface area (TPSA) is 74.3 Å². The number of para-hydroxylation sites is 1. The number of methoxy groups -OCH3 is 1. The van der Waals surface area contributed by atoms with Crippen LogP contribution in [0.3, 0.4) is 0 Å².